The number of nitrogens with one attached hydrogen (secondary N) is 1. The lowest BCUT2D eigenvalue weighted by Gasteiger charge is -2.07. The minimum atomic E-state index is 0.601. The number of benzene rings is 1. The Morgan fingerprint density at radius 1 is 1.29 bits per heavy atom. The number of ether oxygens (including phenoxy) is 1. The standard InChI is InChI=1S/C14H14ClN5O/c1-21-7-6-16-13-10-8-19-20(14(10)18-9-17-13)12-5-3-2-4-11(12)15/h2-5,8-9H,6-7H2,1H3,(H,16,17,18). The van der Waals surface area contributed by atoms with Crippen molar-refractivity contribution in [2.75, 3.05) is 25.6 Å². The number of fused-ring (bicyclic) bond motifs is 1. The van der Waals surface area contributed by atoms with E-state index in [-0.39, 0.29) is 0 Å². The molecular formula is C14H14ClN5O. The van der Waals surface area contributed by atoms with Crippen LogP contribution in [0.15, 0.2) is 36.8 Å². The number of hydrogen-bond donors (Lipinski definition) is 1. The summed E-state index contributed by atoms with van der Waals surface area (Å²) in [5.74, 6) is 0.732. The van der Waals surface area contributed by atoms with Gasteiger partial charge in [0, 0.05) is 13.7 Å². The summed E-state index contributed by atoms with van der Waals surface area (Å²) in [5, 5.41) is 9.04. The predicted octanol–water partition coefficient (Wildman–Crippen LogP) is 2.53. The summed E-state index contributed by atoms with van der Waals surface area (Å²) >= 11 is 6.22. The van der Waals surface area contributed by atoms with Crippen LogP contribution in [0.3, 0.4) is 0 Å². The van der Waals surface area contributed by atoms with Crippen molar-refractivity contribution in [2.45, 2.75) is 0 Å². The first-order valence-electron chi connectivity index (χ1n) is 6.47. The summed E-state index contributed by atoms with van der Waals surface area (Å²) in [6.07, 6.45) is 3.24. The molecule has 3 rings (SSSR count). The highest BCUT2D eigenvalue weighted by molar-refractivity contribution is 6.32. The van der Waals surface area contributed by atoms with Gasteiger partial charge in [-0.2, -0.15) is 5.10 Å². The molecule has 108 valence electrons. The second kappa shape index (κ2) is 6.07. The molecule has 2 aromatic heterocycles. The van der Waals surface area contributed by atoms with Gasteiger partial charge in [-0.1, -0.05) is 23.7 Å². The highest BCUT2D eigenvalue weighted by Gasteiger charge is 2.12. The normalized spacial score (nSPS) is 11.0. The molecule has 0 unspecified atom stereocenters. The van der Waals surface area contributed by atoms with Crippen molar-refractivity contribution < 1.29 is 4.74 Å². The van der Waals surface area contributed by atoms with Crippen LogP contribution in [0.25, 0.3) is 16.7 Å². The van der Waals surface area contributed by atoms with Crippen LogP contribution in [-0.4, -0.2) is 40.0 Å². The number of para-hydroxylation sites is 1. The molecule has 0 saturated heterocycles. The van der Waals surface area contributed by atoms with Crippen LogP contribution in [0, 0.1) is 0 Å². The zero-order chi connectivity index (χ0) is 14.7. The van der Waals surface area contributed by atoms with Gasteiger partial charge in [0.2, 0.25) is 0 Å². The Hall–Kier alpha value is -2.18. The molecule has 6 nitrogen and oxygen atoms in total. The van der Waals surface area contributed by atoms with Crippen LogP contribution in [0.2, 0.25) is 5.02 Å². The van der Waals surface area contributed by atoms with Gasteiger partial charge in [-0.15, -0.1) is 0 Å². The maximum absolute atomic E-state index is 6.22. The maximum Gasteiger partial charge on any atom is 0.168 e. The van der Waals surface area contributed by atoms with Crippen molar-refractivity contribution in [1.29, 1.82) is 0 Å². The average Bonchev–Trinajstić information content (AvgIpc) is 2.93. The van der Waals surface area contributed by atoms with E-state index in [4.69, 9.17) is 16.3 Å². The quantitative estimate of drug-likeness (QED) is 0.734. The first kappa shape index (κ1) is 13.8. The first-order chi connectivity index (χ1) is 10.3. The molecule has 0 spiro atoms. The molecule has 2 heterocycles. The molecule has 0 fully saturated rings. The Labute approximate surface area is 126 Å². The molecule has 0 aliphatic heterocycles. The van der Waals surface area contributed by atoms with Gasteiger partial charge in [-0.3, -0.25) is 0 Å². The number of rotatable bonds is 5. The van der Waals surface area contributed by atoms with E-state index in [0.29, 0.717) is 23.8 Å². The third kappa shape index (κ3) is 2.68. The highest BCUT2D eigenvalue weighted by atomic mass is 35.5. The first-order valence-corrected chi connectivity index (χ1v) is 6.85. The third-order valence-electron chi connectivity index (χ3n) is 3.05. The number of halogens is 1. The summed E-state index contributed by atoms with van der Waals surface area (Å²) < 4.78 is 6.73. The van der Waals surface area contributed by atoms with E-state index in [1.807, 2.05) is 24.3 Å². The van der Waals surface area contributed by atoms with Crippen LogP contribution >= 0.6 is 11.6 Å². The van der Waals surface area contributed by atoms with E-state index in [1.165, 1.54) is 6.33 Å². The molecule has 0 bridgehead atoms. The lowest BCUT2D eigenvalue weighted by Crippen LogP contribution is -2.09. The largest absolute Gasteiger partial charge is 0.383 e. The summed E-state index contributed by atoms with van der Waals surface area (Å²) in [4.78, 5) is 8.55. The molecule has 3 aromatic rings. The fourth-order valence-electron chi connectivity index (χ4n) is 2.06. The van der Waals surface area contributed by atoms with Crippen molar-refractivity contribution in [1.82, 2.24) is 19.7 Å². The van der Waals surface area contributed by atoms with Crippen molar-refractivity contribution in [3.8, 4) is 5.69 Å². The minimum absolute atomic E-state index is 0.601. The molecule has 0 amide bonds. The smallest absolute Gasteiger partial charge is 0.168 e. The van der Waals surface area contributed by atoms with Crippen molar-refractivity contribution in [3.63, 3.8) is 0 Å². The molecule has 0 saturated carbocycles. The summed E-state index contributed by atoms with van der Waals surface area (Å²) in [6, 6.07) is 7.51. The SMILES string of the molecule is COCCNc1ncnc2c1cnn2-c1ccccc1Cl. The molecule has 0 atom stereocenters. The fraction of sp³-hybridized carbons (Fsp3) is 0.214. The zero-order valence-electron chi connectivity index (χ0n) is 11.5. The van der Waals surface area contributed by atoms with Gasteiger partial charge in [0.1, 0.15) is 12.1 Å². The van der Waals surface area contributed by atoms with E-state index in [2.05, 4.69) is 20.4 Å². The van der Waals surface area contributed by atoms with E-state index < -0.39 is 0 Å². The van der Waals surface area contributed by atoms with Gasteiger partial charge in [-0.05, 0) is 12.1 Å². The van der Waals surface area contributed by atoms with Crippen molar-refractivity contribution in [2.24, 2.45) is 0 Å². The molecule has 1 aromatic carbocycles. The third-order valence-corrected chi connectivity index (χ3v) is 3.36. The van der Waals surface area contributed by atoms with Crippen LogP contribution in [0.1, 0.15) is 0 Å². The second-order valence-corrected chi connectivity index (χ2v) is 4.79. The summed E-state index contributed by atoms with van der Waals surface area (Å²) in [7, 11) is 1.66. The fourth-order valence-corrected chi connectivity index (χ4v) is 2.27. The number of anilines is 1. The molecular weight excluding hydrogens is 290 g/mol. The number of methoxy groups -OCH3 is 1. The molecule has 0 aliphatic carbocycles. The Bertz CT molecular complexity index is 758. The molecule has 7 heteroatoms. The van der Waals surface area contributed by atoms with Gasteiger partial charge in [-0.25, -0.2) is 14.6 Å². The lowest BCUT2D eigenvalue weighted by atomic mass is 10.3. The zero-order valence-corrected chi connectivity index (χ0v) is 12.2. The molecule has 21 heavy (non-hydrogen) atoms. The number of nitrogens with zero attached hydrogens (tertiary/aromatic N) is 4. The predicted molar refractivity (Wildman–Crippen MR) is 82.0 cm³/mol. The number of hydrogen-bond acceptors (Lipinski definition) is 5. The highest BCUT2D eigenvalue weighted by Crippen LogP contribution is 2.25. The van der Waals surface area contributed by atoms with Crippen LogP contribution in [0.4, 0.5) is 5.82 Å². The van der Waals surface area contributed by atoms with Gasteiger partial charge >= 0.3 is 0 Å². The summed E-state index contributed by atoms with van der Waals surface area (Å²) in [6.45, 7) is 1.27. The molecule has 1 N–H and O–H groups in total. The second-order valence-electron chi connectivity index (χ2n) is 4.39. The van der Waals surface area contributed by atoms with Crippen molar-refractivity contribution >= 4 is 28.5 Å². The van der Waals surface area contributed by atoms with Crippen LogP contribution in [0.5, 0.6) is 0 Å². The van der Waals surface area contributed by atoms with Gasteiger partial charge in [0.15, 0.2) is 5.65 Å². The topological polar surface area (TPSA) is 64.9 Å². The van der Waals surface area contributed by atoms with Crippen LogP contribution in [-0.2, 0) is 4.74 Å². The van der Waals surface area contributed by atoms with E-state index in [9.17, 15) is 0 Å². The molecule has 0 radical (unpaired) electrons. The lowest BCUT2D eigenvalue weighted by molar-refractivity contribution is 0.210. The molecule has 0 aliphatic rings. The van der Waals surface area contributed by atoms with Gasteiger partial charge in [0.25, 0.3) is 0 Å². The van der Waals surface area contributed by atoms with E-state index >= 15 is 0 Å². The van der Waals surface area contributed by atoms with Gasteiger partial charge in [0.05, 0.1) is 28.9 Å². The maximum atomic E-state index is 6.22. The minimum Gasteiger partial charge on any atom is -0.383 e. The Balaban J connectivity index is 2.03. The number of aromatic nitrogens is 4. The Morgan fingerprint density at radius 3 is 2.95 bits per heavy atom. The average molecular weight is 304 g/mol. The van der Waals surface area contributed by atoms with Crippen molar-refractivity contribution in [3.05, 3.63) is 41.8 Å². The Morgan fingerprint density at radius 2 is 2.14 bits per heavy atom. The van der Waals surface area contributed by atoms with E-state index in [0.717, 1.165) is 16.9 Å². The van der Waals surface area contributed by atoms with Crippen LogP contribution < -0.4 is 5.32 Å². The summed E-state index contributed by atoms with van der Waals surface area (Å²) in [5.41, 5.74) is 1.49. The Kier molecular flexibility index (Phi) is 3.98. The monoisotopic (exact) mass is 303 g/mol. The van der Waals surface area contributed by atoms with E-state index in [1.54, 1.807) is 18.0 Å². The van der Waals surface area contributed by atoms with Gasteiger partial charge < -0.3 is 10.1 Å².